The molecule has 1 atom stereocenters. The smallest absolute Gasteiger partial charge is 0.127 e. The molecule has 2 heterocycles. The lowest BCUT2D eigenvalue weighted by molar-refractivity contribution is 0.183. The lowest BCUT2D eigenvalue weighted by Gasteiger charge is -2.29. The molecule has 3 nitrogen and oxygen atoms in total. The van der Waals surface area contributed by atoms with Gasteiger partial charge in [-0.1, -0.05) is 18.9 Å². The molecule has 0 bridgehead atoms. The summed E-state index contributed by atoms with van der Waals surface area (Å²) in [5.74, 6) is 1.64. The van der Waals surface area contributed by atoms with Crippen LogP contribution in [0.4, 0.5) is 5.82 Å². The summed E-state index contributed by atoms with van der Waals surface area (Å²) in [6, 6.07) is 4.91. The fourth-order valence-corrected chi connectivity index (χ4v) is 3.73. The molecule has 0 spiro atoms. The molecule has 0 amide bonds. The average Bonchev–Trinajstić information content (AvgIpc) is 3.02. The topological polar surface area (TPSA) is 42.1 Å². The van der Waals surface area contributed by atoms with E-state index in [4.69, 9.17) is 5.73 Å². The molecule has 2 N–H and O–H groups in total. The first-order valence-corrected chi connectivity index (χ1v) is 7.28. The third-order valence-electron chi connectivity index (χ3n) is 4.66. The number of hydrogen-bond acceptors (Lipinski definition) is 3. The number of aromatic nitrogens is 1. The summed E-state index contributed by atoms with van der Waals surface area (Å²) in [5.41, 5.74) is 7.16. The van der Waals surface area contributed by atoms with Crippen molar-refractivity contribution in [2.45, 2.75) is 51.1 Å². The number of hydrogen-bond donors (Lipinski definition) is 1. The number of nitrogen functional groups attached to an aromatic ring is 1. The average molecular weight is 245 g/mol. The van der Waals surface area contributed by atoms with E-state index in [0.717, 1.165) is 18.5 Å². The van der Waals surface area contributed by atoms with Crippen molar-refractivity contribution in [2.75, 3.05) is 12.3 Å². The summed E-state index contributed by atoms with van der Waals surface area (Å²) in [6.07, 6.45) is 10.2. The van der Waals surface area contributed by atoms with Gasteiger partial charge < -0.3 is 5.73 Å². The Morgan fingerprint density at radius 2 is 2.06 bits per heavy atom. The van der Waals surface area contributed by atoms with Crippen LogP contribution in [0, 0.1) is 5.92 Å². The summed E-state index contributed by atoms with van der Waals surface area (Å²) in [6.45, 7) is 2.22. The molecule has 1 aromatic rings. The Morgan fingerprint density at radius 1 is 1.22 bits per heavy atom. The molecule has 1 saturated heterocycles. The molecular formula is C15H23N3. The van der Waals surface area contributed by atoms with Crippen molar-refractivity contribution >= 4 is 5.82 Å². The van der Waals surface area contributed by atoms with Crippen LogP contribution in [0.15, 0.2) is 18.3 Å². The lowest BCUT2D eigenvalue weighted by atomic mass is 9.96. The van der Waals surface area contributed by atoms with Crippen LogP contribution in [-0.4, -0.2) is 22.5 Å². The molecule has 0 radical (unpaired) electrons. The molecular weight excluding hydrogens is 222 g/mol. The van der Waals surface area contributed by atoms with Crippen LogP contribution in [0.1, 0.15) is 44.1 Å². The second-order valence-electron chi connectivity index (χ2n) is 5.77. The van der Waals surface area contributed by atoms with Crippen LogP contribution in [0.5, 0.6) is 0 Å². The van der Waals surface area contributed by atoms with Gasteiger partial charge in [-0.3, -0.25) is 4.90 Å². The van der Waals surface area contributed by atoms with Crippen LogP contribution in [-0.2, 0) is 6.54 Å². The second-order valence-corrected chi connectivity index (χ2v) is 5.77. The summed E-state index contributed by atoms with van der Waals surface area (Å²) >= 11 is 0. The first-order valence-electron chi connectivity index (χ1n) is 7.28. The maximum atomic E-state index is 5.96. The first kappa shape index (κ1) is 12.0. The minimum atomic E-state index is 0.703. The Kier molecular flexibility index (Phi) is 3.50. The third-order valence-corrected chi connectivity index (χ3v) is 4.66. The SMILES string of the molecule is Nc1ncccc1CN1CCCC1C1CCCC1. The highest BCUT2D eigenvalue weighted by atomic mass is 15.2. The van der Waals surface area contributed by atoms with Gasteiger partial charge in [-0.15, -0.1) is 0 Å². The van der Waals surface area contributed by atoms with Gasteiger partial charge in [0.2, 0.25) is 0 Å². The predicted molar refractivity (Wildman–Crippen MR) is 74.0 cm³/mol. The first-order chi connectivity index (χ1) is 8.84. The summed E-state index contributed by atoms with van der Waals surface area (Å²) in [7, 11) is 0. The van der Waals surface area contributed by atoms with Crippen molar-refractivity contribution in [3.8, 4) is 0 Å². The van der Waals surface area contributed by atoms with E-state index >= 15 is 0 Å². The van der Waals surface area contributed by atoms with E-state index in [1.165, 1.54) is 50.6 Å². The summed E-state index contributed by atoms with van der Waals surface area (Å²) in [5, 5.41) is 0. The van der Waals surface area contributed by atoms with E-state index < -0.39 is 0 Å². The monoisotopic (exact) mass is 245 g/mol. The molecule has 1 saturated carbocycles. The molecule has 2 fully saturated rings. The second kappa shape index (κ2) is 5.27. The highest BCUT2D eigenvalue weighted by Crippen LogP contribution is 2.36. The van der Waals surface area contributed by atoms with Crippen molar-refractivity contribution < 1.29 is 0 Å². The minimum absolute atomic E-state index is 0.703. The molecule has 18 heavy (non-hydrogen) atoms. The van der Waals surface area contributed by atoms with E-state index in [1.54, 1.807) is 6.20 Å². The maximum Gasteiger partial charge on any atom is 0.127 e. The summed E-state index contributed by atoms with van der Waals surface area (Å²) < 4.78 is 0. The lowest BCUT2D eigenvalue weighted by Crippen LogP contribution is -2.34. The van der Waals surface area contributed by atoms with Crippen molar-refractivity contribution in [3.05, 3.63) is 23.9 Å². The Morgan fingerprint density at radius 3 is 2.83 bits per heavy atom. The van der Waals surface area contributed by atoms with E-state index in [9.17, 15) is 0 Å². The van der Waals surface area contributed by atoms with Gasteiger partial charge >= 0.3 is 0 Å². The largest absolute Gasteiger partial charge is 0.383 e. The minimum Gasteiger partial charge on any atom is -0.383 e. The van der Waals surface area contributed by atoms with Crippen LogP contribution in [0.3, 0.4) is 0 Å². The fourth-order valence-electron chi connectivity index (χ4n) is 3.73. The number of nitrogens with zero attached hydrogens (tertiary/aromatic N) is 2. The quantitative estimate of drug-likeness (QED) is 0.890. The van der Waals surface area contributed by atoms with Gasteiger partial charge in [-0.25, -0.2) is 4.98 Å². The van der Waals surface area contributed by atoms with Crippen LogP contribution in [0.2, 0.25) is 0 Å². The molecule has 3 rings (SSSR count). The number of rotatable bonds is 3. The van der Waals surface area contributed by atoms with E-state index in [1.807, 2.05) is 6.07 Å². The molecule has 3 heteroatoms. The van der Waals surface area contributed by atoms with E-state index in [-0.39, 0.29) is 0 Å². The van der Waals surface area contributed by atoms with Crippen LogP contribution < -0.4 is 5.73 Å². The normalized spacial score (nSPS) is 25.9. The van der Waals surface area contributed by atoms with Crippen molar-refractivity contribution in [1.29, 1.82) is 0 Å². The molecule has 98 valence electrons. The zero-order chi connectivity index (χ0) is 12.4. The fraction of sp³-hybridized carbons (Fsp3) is 0.667. The van der Waals surface area contributed by atoms with Crippen molar-refractivity contribution in [1.82, 2.24) is 9.88 Å². The third kappa shape index (κ3) is 2.37. The molecule has 2 aliphatic rings. The molecule has 1 aliphatic carbocycles. The van der Waals surface area contributed by atoms with Gasteiger partial charge in [-0.05, 0) is 44.2 Å². The van der Waals surface area contributed by atoms with Gasteiger partial charge in [-0.2, -0.15) is 0 Å². The van der Waals surface area contributed by atoms with Crippen molar-refractivity contribution in [3.63, 3.8) is 0 Å². The highest BCUT2D eigenvalue weighted by molar-refractivity contribution is 5.38. The predicted octanol–water partition coefficient (Wildman–Crippen LogP) is 2.82. The Hall–Kier alpha value is -1.09. The summed E-state index contributed by atoms with van der Waals surface area (Å²) in [4.78, 5) is 6.84. The van der Waals surface area contributed by atoms with Crippen LogP contribution in [0.25, 0.3) is 0 Å². The van der Waals surface area contributed by atoms with Gasteiger partial charge in [0.05, 0.1) is 0 Å². The standard InChI is InChI=1S/C15H23N3/c16-15-13(7-3-9-17-15)11-18-10-4-8-14(18)12-5-1-2-6-12/h3,7,9,12,14H,1-2,4-6,8,10-11H2,(H2,16,17). The number of likely N-dealkylation sites (tertiary alicyclic amines) is 1. The highest BCUT2D eigenvalue weighted by Gasteiger charge is 2.33. The Balaban J connectivity index is 1.69. The number of pyridine rings is 1. The molecule has 0 aromatic carbocycles. The Labute approximate surface area is 109 Å². The Bertz CT molecular complexity index is 398. The van der Waals surface area contributed by atoms with Gasteiger partial charge in [0.25, 0.3) is 0 Å². The maximum absolute atomic E-state index is 5.96. The van der Waals surface area contributed by atoms with Gasteiger partial charge in [0.1, 0.15) is 5.82 Å². The molecule has 1 aliphatic heterocycles. The van der Waals surface area contributed by atoms with Crippen molar-refractivity contribution in [2.24, 2.45) is 5.92 Å². The molecule has 1 unspecified atom stereocenters. The van der Waals surface area contributed by atoms with E-state index in [2.05, 4.69) is 16.0 Å². The van der Waals surface area contributed by atoms with Gasteiger partial charge in [0, 0.05) is 24.3 Å². The molecule has 1 aromatic heterocycles. The van der Waals surface area contributed by atoms with E-state index in [0.29, 0.717) is 5.82 Å². The zero-order valence-electron chi connectivity index (χ0n) is 11.0. The number of anilines is 1. The van der Waals surface area contributed by atoms with Gasteiger partial charge in [0.15, 0.2) is 0 Å². The number of nitrogens with two attached hydrogens (primary N) is 1. The zero-order valence-corrected chi connectivity index (χ0v) is 11.0. The van der Waals surface area contributed by atoms with Crippen LogP contribution >= 0.6 is 0 Å².